The quantitative estimate of drug-likeness (QED) is 0.222. The van der Waals surface area contributed by atoms with Crippen molar-refractivity contribution in [2.75, 3.05) is 6.54 Å². The molecule has 1 aliphatic rings. The molecular formula is C38H47N3O. The van der Waals surface area contributed by atoms with Gasteiger partial charge in [0.05, 0.1) is 6.04 Å². The first kappa shape index (κ1) is 29.8. The van der Waals surface area contributed by atoms with E-state index in [0.717, 1.165) is 18.5 Å². The molecule has 5 rings (SSSR count). The molecule has 0 unspecified atom stereocenters. The average molecular weight is 562 g/mol. The van der Waals surface area contributed by atoms with E-state index in [-0.39, 0.29) is 40.9 Å². The molecule has 4 aromatic carbocycles. The van der Waals surface area contributed by atoms with Crippen LogP contribution in [0.2, 0.25) is 0 Å². The van der Waals surface area contributed by atoms with Crippen molar-refractivity contribution in [3.63, 3.8) is 0 Å². The predicted molar refractivity (Wildman–Crippen MR) is 176 cm³/mol. The van der Waals surface area contributed by atoms with Gasteiger partial charge in [-0.25, -0.2) is 4.79 Å². The van der Waals surface area contributed by atoms with Crippen molar-refractivity contribution >= 4 is 16.8 Å². The van der Waals surface area contributed by atoms with Crippen LogP contribution in [-0.4, -0.2) is 24.7 Å². The number of urea groups is 1. The topological polar surface area (TPSA) is 53.2 Å². The SMILES string of the molecule is C[C@H](NC(=O)N[C@H]1CN[C@@H](C(c2ccc(C(C)(C)C)cc2)c2ccc(C(C)(C)C)cc2)C1)c1ccc2ccccc2c1. The van der Waals surface area contributed by atoms with Crippen LogP contribution in [0.25, 0.3) is 10.8 Å². The highest BCUT2D eigenvalue weighted by atomic mass is 16.2. The number of rotatable bonds is 6. The summed E-state index contributed by atoms with van der Waals surface area (Å²) in [6.07, 6.45) is 0.866. The molecule has 1 heterocycles. The van der Waals surface area contributed by atoms with Gasteiger partial charge in [-0.3, -0.25) is 0 Å². The van der Waals surface area contributed by atoms with Crippen molar-refractivity contribution in [3.05, 3.63) is 119 Å². The van der Waals surface area contributed by atoms with Crippen LogP contribution in [0.15, 0.2) is 91.0 Å². The minimum Gasteiger partial charge on any atom is -0.334 e. The Bertz CT molecular complexity index is 1450. The van der Waals surface area contributed by atoms with Gasteiger partial charge in [-0.15, -0.1) is 0 Å². The number of benzene rings is 4. The largest absolute Gasteiger partial charge is 0.334 e. The molecule has 4 nitrogen and oxygen atoms in total. The monoisotopic (exact) mass is 561 g/mol. The van der Waals surface area contributed by atoms with Gasteiger partial charge in [-0.2, -0.15) is 0 Å². The Morgan fingerprint density at radius 1 is 0.738 bits per heavy atom. The van der Waals surface area contributed by atoms with Crippen LogP contribution >= 0.6 is 0 Å². The van der Waals surface area contributed by atoms with Crippen molar-refractivity contribution in [2.45, 2.75) is 89.8 Å². The molecule has 0 aromatic heterocycles. The normalized spacial score (nSPS) is 18.3. The molecule has 4 heteroatoms. The number of carbonyl (C=O) groups is 1. The third kappa shape index (κ3) is 6.87. The van der Waals surface area contributed by atoms with E-state index in [1.807, 2.05) is 19.1 Å². The fraction of sp³-hybridized carbons (Fsp3) is 0.395. The van der Waals surface area contributed by atoms with E-state index in [9.17, 15) is 4.79 Å². The first-order valence-electron chi connectivity index (χ1n) is 15.4. The summed E-state index contributed by atoms with van der Waals surface area (Å²) >= 11 is 0. The van der Waals surface area contributed by atoms with Crippen LogP contribution in [0, 0.1) is 0 Å². The lowest BCUT2D eigenvalue weighted by atomic mass is 9.80. The zero-order chi connectivity index (χ0) is 30.1. The first-order chi connectivity index (χ1) is 19.9. The molecule has 0 spiro atoms. The maximum Gasteiger partial charge on any atom is 0.315 e. The van der Waals surface area contributed by atoms with Crippen molar-refractivity contribution in [1.82, 2.24) is 16.0 Å². The van der Waals surface area contributed by atoms with Gasteiger partial charge in [0.1, 0.15) is 0 Å². The Morgan fingerprint density at radius 3 is 1.81 bits per heavy atom. The van der Waals surface area contributed by atoms with E-state index in [4.69, 9.17) is 0 Å². The lowest BCUT2D eigenvalue weighted by molar-refractivity contribution is 0.234. The zero-order valence-electron chi connectivity index (χ0n) is 26.3. The molecule has 1 saturated heterocycles. The third-order valence-electron chi connectivity index (χ3n) is 8.80. The average Bonchev–Trinajstić information content (AvgIpc) is 3.40. The molecule has 3 atom stereocenters. The highest BCUT2D eigenvalue weighted by Gasteiger charge is 2.33. The molecule has 1 fully saturated rings. The Labute approximate surface area is 252 Å². The standard InChI is InChI=1S/C38H47N3O/c1-25(29-13-12-26-10-8-9-11-30(26)22-29)40-36(42)41-33-23-34(39-24-33)35(27-14-18-31(19-15-27)37(2,3)4)28-16-20-32(21-17-28)38(5,6)7/h8-22,25,33-35,39H,23-24H2,1-7H3,(H2,40,41,42)/t25-,33+,34+/m0/s1. The molecule has 2 amide bonds. The maximum absolute atomic E-state index is 13.1. The number of carbonyl (C=O) groups excluding carboxylic acids is 1. The Morgan fingerprint density at radius 2 is 1.26 bits per heavy atom. The van der Waals surface area contributed by atoms with Crippen LogP contribution < -0.4 is 16.0 Å². The van der Waals surface area contributed by atoms with Crippen LogP contribution in [0.3, 0.4) is 0 Å². The summed E-state index contributed by atoms with van der Waals surface area (Å²) < 4.78 is 0. The van der Waals surface area contributed by atoms with Gasteiger partial charge < -0.3 is 16.0 Å². The van der Waals surface area contributed by atoms with Crippen molar-refractivity contribution in [2.24, 2.45) is 0 Å². The van der Waals surface area contributed by atoms with Gasteiger partial charge in [0.2, 0.25) is 0 Å². The zero-order valence-corrected chi connectivity index (χ0v) is 26.3. The molecule has 220 valence electrons. The van der Waals surface area contributed by atoms with Crippen LogP contribution in [-0.2, 0) is 10.8 Å². The van der Waals surface area contributed by atoms with Crippen molar-refractivity contribution in [1.29, 1.82) is 0 Å². The maximum atomic E-state index is 13.1. The lowest BCUT2D eigenvalue weighted by Crippen LogP contribution is -2.43. The fourth-order valence-electron chi connectivity index (χ4n) is 6.15. The van der Waals surface area contributed by atoms with E-state index in [1.165, 1.54) is 33.0 Å². The number of hydrogen-bond donors (Lipinski definition) is 3. The fourth-order valence-corrected chi connectivity index (χ4v) is 6.15. The van der Waals surface area contributed by atoms with Gasteiger partial charge in [0.15, 0.2) is 0 Å². The number of nitrogens with one attached hydrogen (secondary N) is 3. The lowest BCUT2D eigenvalue weighted by Gasteiger charge is -2.28. The van der Waals surface area contributed by atoms with E-state index in [2.05, 4.69) is 136 Å². The highest BCUT2D eigenvalue weighted by Crippen LogP contribution is 2.35. The Hall–Kier alpha value is -3.63. The third-order valence-corrected chi connectivity index (χ3v) is 8.80. The second-order valence-electron chi connectivity index (χ2n) is 14.1. The molecule has 0 saturated carbocycles. The molecule has 0 bridgehead atoms. The van der Waals surface area contributed by atoms with E-state index >= 15 is 0 Å². The molecule has 0 aliphatic carbocycles. The summed E-state index contributed by atoms with van der Waals surface area (Å²) in [4.78, 5) is 13.1. The second-order valence-corrected chi connectivity index (χ2v) is 14.1. The summed E-state index contributed by atoms with van der Waals surface area (Å²) in [6, 6.07) is 33.0. The van der Waals surface area contributed by atoms with Gasteiger partial charge in [-0.1, -0.05) is 126 Å². The Balaban J connectivity index is 1.29. The molecular weight excluding hydrogens is 514 g/mol. The minimum absolute atomic E-state index is 0.0593. The number of hydrogen-bond acceptors (Lipinski definition) is 2. The molecule has 3 N–H and O–H groups in total. The van der Waals surface area contributed by atoms with E-state index in [1.54, 1.807) is 0 Å². The summed E-state index contributed by atoms with van der Waals surface area (Å²) in [7, 11) is 0. The summed E-state index contributed by atoms with van der Waals surface area (Å²) in [5, 5.41) is 12.6. The van der Waals surface area contributed by atoms with E-state index in [0.29, 0.717) is 0 Å². The first-order valence-corrected chi connectivity index (χ1v) is 15.4. The molecule has 0 radical (unpaired) electrons. The summed E-state index contributed by atoms with van der Waals surface area (Å²) in [5.74, 6) is 0.194. The highest BCUT2D eigenvalue weighted by molar-refractivity contribution is 5.83. The van der Waals surface area contributed by atoms with Gasteiger partial charge in [0.25, 0.3) is 0 Å². The van der Waals surface area contributed by atoms with Crippen molar-refractivity contribution in [3.8, 4) is 0 Å². The van der Waals surface area contributed by atoms with Crippen LogP contribution in [0.1, 0.15) is 94.7 Å². The van der Waals surface area contributed by atoms with Crippen LogP contribution in [0.4, 0.5) is 4.79 Å². The molecule has 4 aromatic rings. The van der Waals surface area contributed by atoms with Gasteiger partial charge >= 0.3 is 6.03 Å². The molecule has 1 aliphatic heterocycles. The molecule has 42 heavy (non-hydrogen) atoms. The summed E-state index contributed by atoms with van der Waals surface area (Å²) in [6.45, 7) is 16.3. The van der Waals surface area contributed by atoms with Crippen LogP contribution in [0.5, 0.6) is 0 Å². The number of fused-ring (bicyclic) bond motifs is 1. The van der Waals surface area contributed by atoms with Crippen molar-refractivity contribution < 1.29 is 4.79 Å². The summed E-state index contributed by atoms with van der Waals surface area (Å²) in [5.41, 5.74) is 6.61. The number of amides is 2. The predicted octanol–water partition coefficient (Wildman–Crippen LogP) is 8.36. The minimum atomic E-state index is -0.122. The van der Waals surface area contributed by atoms with E-state index < -0.39 is 0 Å². The Kier molecular flexibility index (Phi) is 8.48. The van der Waals surface area contributed by atoms with Gasteiger partial charge in [-0.05, 0) is 68.8 Å². The smallest absolute Gasteiger partial charge is 0.315 e. The second kappa shape index (κ2) is 11.9. The van der Waals surface area contributed by atoms with Gasteiger partial charge in [0, 0.05) is 24.5 Å².